The zero-order chi connectivity index (χ0) is 8.93. The van der Waals surface area contributed by atoms with Gasteiger partial charge in [-0.05, 0) is 24.3 Å². The topological polar surface area (TPSA) is 22.1 Å². The second-order valence-electron chi connectivity index (χ2n) is 2.58. The molecule has 2 heterocycles. The maximum absolute atomic E-state index is 5.34. The fourth-order valence-corrected chi connectivity index (χ4v) is 1.06. The highest BCUT2D eigenvalue weighted by atomic mass is 16.5. The van der Waals surface area contributed by atoms with E-state index in [4.69, 9.17) is 4.74 Å². The smallest absolute Gasteiger partial charge is 0.152 e. The Morgan fingerprint density at radius 1 is 1.08 bits per heavy atom. The first-order valence-electron chi connectivity index (χ1n) is 4.08. The quantitative estimate of drug-likeness (QED) is 0.647. The highest BCUT2D eigenvalue weighted by Crippen LogP contribution is 2.14. The highest BCUT2D eigenvalue weighted by Gasteiger charge is 2.01. The summed E-state index contributed by atoms with van der Waals surface area (Å²) in [5.41, 5.74) is 0.846. The molecule has 0 fully saturated rings. The minimum atomic E-state index is 0.769. The van der Waals surface area contributed by atoms with Crippen molar-refractivity contribution < 1.29 is 4.74 Å². The van der Waals surface area contributed by atoms with Crippen LogP contribution in [-0.4, -0.2) is 4.98 Å². The molecule has 1 aromatic rings. The third-order valence-electron chi connectivity index (χ3n) is 1.66. The van der Waals surface area contributed by atoms with E-state index in [0.29, 0.717) is 0 Å². The molecule has 0 aromatic carbocycles. The van der Waals surface area contributed by atoms with Crippen molar-refractivity contribution in [3.63, 3.8) is 0 Å². The average Bonchev–Trinajstić information content (AvgIpc) is 2.47. The predicted molar refractivity (Wildman–Crippen MR) is 51.6 cm³/mol. The summed E-state index contributed by atoms with van der Waals surface area (Å²) in [5, 5.41) is 0. The number of hydrogen-bond donors (Lipinski definition) is 0. The molecule has 0 N–H and O–H groups in total. The molecule has 1 aliphatic heterocycles. The summed E-state index contributed by atoms with van der Waals surface area (Å²) in [6.45, 7) is 0. The van der Waals surface area contributed by atoms with E-state index < -0.39 is 0 Å². The zero-order valence-electron chi connectivity index (χ0n) is 7.05. The van der Waals surface area contributed by atoms with E-state index in [2.05, 4.69) is 4.98 Å². The Hall–Kier alpha value is -1.83. The number of allylic oxidation sites excluding steroid dienone is 4. The van der Waals surface area contributed by atoms with Gasteiger partial charge in [0.2, 0.25) is 0 Å². The predicted octanol–water partition coefficient (Wildman–Crippen LogP) is 2.52. The van der Waals surface area contributed by atoms with E-state index >= 15 is 0 Å². The average molecular weight is 171 g/mol. The van der Waals surface area contributed by atoms with Crippen molar-refractivity contribution in [3.8, 4) is 0 Å². The van der Waals surface area contributed by atoms with E-state index in [0.717, 1.165) is 11.5 Å². The van der Waals surface area contributed by atoms with Crippen molar-refractivity contribution in [1.29, 1.82) is 0 Å². The summed E-state index contributed by atoms with van der Waals surface area (Å²) in [6, 6.07) is 5.73. The van der Waals surface area contributed by atoms with Crippen LogP contribution in [0.1, 0.15) is 5.69 Å². The molecule has 1 aromatic heterocycles. The Balaban J connectivity index is 2.32. The zero-order valence-corrected chi connectivity index (χ0v) is 7.05. The molecule has 2 nitrogen and oxygen atoms in total. The molecule has 0 atom stereocenters. The Morgan fingerprint density at radius 2 is 2.08 bits per heavy atom. The number of ether oxygens (including phenoxy) is 1. The molecule has 0 bridgehead atoms. The molecule has 0 aliphatic carbocycles. The SMILES string of the molecule is C1=CC=C(c2ccccn2)OC=C1. The van der Waals surface area contributed by atoms with Crippen molar-refractivity contribution in [3.05, 3.63) is 60.7 Å². The third kappa shape index (κ3) is 1.85. The van der Waals surface area contributed by atoms with Gasteiger partial charge in [-0.15, -0.1) is 0 Å². The Bertz CT molecular complexity index is 363. The van der Waals surface area contributed by atoms with Crippen molar-refractivity contribution >= 4 is 5.76 Å². The first-order chi connectivity index (χ1) is 6.47. The van der Waals surface area contributed by atoms with Crippen LogP contribution in [0.4, 0.5) is 0 Å². The van der Waals surface area contributed by atoms with Crippen LogP contribution in [0.15, 0.2) is 55.0 Å². The standard InChI is InChI=1S/C11H9NO/c1-2-7-11(13-9-5-1)10-6-3-4-8-12-10/h1-9H. The van der Waals surface area contributed by atoms with Gasteiger partial charge < -0.3 is 4.74 Å². The summed E-state index contributed by atoms with van der Waals surface area (Å²) in [4.78, 5) is 4.18. The number of nitrogens with zero attached hydrogens (tertiary/aromatic N) is 1. The van der Waals surface area contributed by atoms with E-state index in [1.165, 1.54) is 0 Å². The van der Waals surface area contributed by atoms with E-state index in [-0.39, 0.29) is 0 Å². The molecule has 0 radical (unpaired) electrons. The van der Waals surface area contributed by atoms with Gasteiger partial charge >= 0.3 is 0 Å². The van der Waals surface area contributed by atoms with Crippen LogP contribution in [0, 0.1) is 0 Å². The Labute approximate surface area is 76.9 Å². The number of hydrogen-bond acceptors (Lipinski definition) is 2. The second kappa shape index (κ2) is 3.72. The second-order valence-corrected chi connectivity index (χ2v) is 2.58. The van der Waals surface area contributed by atoms with Crippen LogP contribution in [0.25, 0.3) is 5.76 Å². The monoisotopic (exact) mass is 171 g/mol. The van der Waals surface area contributed by atoms with Crippen LogP contribution < -0.4 is 0 Å². The molecular weight excluding hydrogens is 162 g/mol. The summed E-state index contributed by atoms with van der Waals surface area (Å²) in [5.74, 6) is 0.769. The fourth-order valence-electron chi connectivity index (χ4n) is 1.06. The lowest BCUT2D eigenvalue weighted by Crippen LogP contribution is -1.88. The van der Waals surface area contributed by atoms with Gasteiger partial charge in [-0.2, -0.15) is 0 Å². The Morgan fingerprint density at radius 3 is 2.92 bits per heavy atom. The van der Waals surface area contributed by atoms with E-state index in [1.54, 1.807) is 12.5 Å². The van der Waals surface area contributed by atoms with Gasteiger partial charge in [0.1, 0.15) is 5.69 Å². The normalized spacial score (nSPS) is 14.6. The third-order valence-corrected chi connectivity index (χ3v) is 1.66. The van der Waals surface area contributed by atoms with Gasteiger partial charge in [0.25, 0.3) is 0 Å². The van der Waals surface area contributed by atoms with E-state index in [9.17, 15) is 0 Å². The number of aromatic nitrogens is 1. The van der Waals surface area contributed by atoms with Crippen LogP contribution >= 0.6 is 0 Å². The van der Waals surface area contributed by atoms with Crippen molar-refractivity contribution in [2.45, 2.75) is 0 Å². The van der Waals surface area contributed by atoms with E-state index in [1.807, 2.05) is 42.5 Å². The largest absolute Gasteiger partial charge is 0.463 e. The van der Waals surface area contributed by atoms with Crippen LogP contribution in [0.5, 0.6) is 0 Å². The molecule has 0 saturated heterocycles. The van der Waals surface area contributed by atoms with Crippen molar-refractivity contribution in [2.24, 2.45) is 0 Å². The van der Waals surface area contributed by atoms with Gasteiger partial charge in [-0.25, -0.2) is 0 Å². The molecule has 13 heavy (non-hydrogen) atoms. The van der Waals surface area contributed by atoms with Gasteiger partial charge in [0.05, 0.1) is 6.26 Å². The number of rotatable bonds is 1. The molecule has 0 amide bonds. The van der Waals surface area contributed by atoms with Crippen LogP contribution in [-0.2, 0) is 4.74 Å². The maximum atomic E-state index is 5.34. The first-order valence-corrected chi connectivity index (χ1v) is 4.08. The lowest BCUT2D eigenvalue weighted by molar-refractivity contribution is 0.435. The molecule has 2 rings (SSSR count). The number of pyridine rings is 1. The molecular formula is C11H9NO. The van der Waals surface area contributed by atoms with Crippen LogP contribution in [0.2, 0.25) is 0 Å². The molecule has 0 saturated carbocycles. The van der Waals surface area contributed by atoms with Crippen LogP contribution in [0.3, 0.4) is 0 Å². The Kier molecular flexibility index (Phi) is 2.23. The highest BCUT2D eigenvalue weighted by molar-refractivity contribution is 5.59. The minimum Gasteiger partial charge on any atom is -0.463 e. The fraction of sp³-hybridized carbons (Fsp3) is 0. The lowest BCUT2D eigenvalue weighted by Gasteiger charge is -2.02. The van der Waals surface area contributed by atoms with Crippen molar-refractivity contribution in [1.82, 2.24) is 4.98 Å². The molecule has 64 valence electrons. The van der Waals surface area contributed by atoms with Gasteiger partial charge in [-0.1, -0.05) is 18.2 Å². The molecule has 2 heteroatoms. The van der Waals surface area contributed by atoms with Gasteiger partial charge in [0.15, 0.2) is 5.76 Å². The summed E-state index contributed by atoms with van der Waals surface area (Å²) in [7, 11) is 0. The van der Waals surface area contributed by atoms with Crippen molar-refractivity contribution in [2.75, 3.05) is 0 Å². The van der Waals surface area contributed by atoms with Gasteiger partial charge in [-0.3, -0.25) is 4.98 Å². The minimum absolute atomic E-state index is 0.769. The molecule has 0 spiro atoms. The first kappa shape index (κ1) is 7.80. The lowest BCUT2D eigenvalue weighted by atomic mass is 10.3. The maximum Gasteiger partial charge on any atom is 0.152 e. The molecule has 1 aliphatic rings. The molecule has 0 unspecified atom stereocenters. The van der Waals surface area contributed by atoms with Gasteiger partial charge in [0, 0.05) is 6.20 Å². The summed E-state index contributed by atoms with van der Waals surface area (Å²) in [6.07, 6.45) is 11.0. The summed E-state index contributed by atoms with van der Waals surface area (Å²) >= 11 is 0. The summed E-state index contributed by atoms with van der Waals surface area (Å²) < 4.78 is 5.34.